The summed E-state index contributed by atoms with van der Waals surface area (Å²) in [6.07, 6.45) is 0. The van der Waals surface area contributed by atoms with Crippen LogP contribution < -0.4 is 5.32 Å². The molecule has 22 heavy (non-hydrogen) atoms. The van der Waals surface area contributed by atoms with Crippen LogP contribution in [-0.4, -0.2) is 19.9 Å². The van der Waals surface area contributed by atoms with Crippen molar-refractivity contribution >= 4 is 22.8 Å². The maximum absolute atomic E-state index is 4.63. The van der Waals surface area contributed by atoms with Crippen LogP contribution >= 0.6 is 0 Å². The van der Waals surface area contributed by atoms with E-state index in [9.17, 15) is 0 Å². The molecule has 0 radical (unpaired) electrons. The van der Waals surface area contributed by atoms with E-state index in [1.54, 1.807) is 0 Å². The molecule has 0 saturated heterocycles. The molecular formula is C17H19N5. The Bertz CT molecular complexity index is 850. The van der Waals surface area contributed by atoms with E-state index >= 15 is 0 Å². The number of nitrogens with zero attached hydrogens (tertiary/aromatic N) is 4. The van der Waals surface area contributed by atoms with Crippen molar-refractivity contribution in [1.82, 2.24) is 19.9 Å². The standard InChI is InChI=1S/C17H19N5/c1-9-6-10(2)15-14(7-9)13(5)20-17(21-15)22-16-18-11(3)8-12(4)19-16/h6-8H,1-5H3,(H,18,19,20,21,22). The van der Waals surface area contributed by atoms with Crippen LogP contribution in [0.1, 0.15) is 28.2 Å². The highest BCUT2D eigenvalue weighted by atomic mass is 15.2. The monoisotopic (exact) mass is 293 g/mol. The molecule has 0 bridgehead atoms. The van der Waals surface area contributed by atoms with Gasteiger partial charge in [0.25, 0.3) is 0 Å². The van der Waals surface area contributed by atoms with Crippen molar-refractivity contribution in [1.29, 1.82) is 0 Å². The molecule has 0 aliphatic heterocycles. The summed E-state index contributed by atoms with van der Waals surface area (Å²) in [5, 5.41) is 4.20. The Morgan fingerprint density at radius 3 is 2.05 bits per heavy atom. The molecule has 0 fully saturated rings. The molecule has 0 unspecified atom stereocenters. The topological polar surface area (TPSA) is 63.6 Å². The third-order valence-electron chi connectivity index (χ3n) is 3.53. The Kier molecular flexibility index (Phi) is 3.48. The third-order valence-corrected chi connectivity index (χ3v) is 3.53. The predicted octanol–water partition coefficient (Wildman–Crippen LogP) is 3.71. The maximum Gasteiger partial charge on any atom is 0.230 e. The second kappa shape index (κ2) is 5.33. The van der Waals surface area contributed by atoms with Gasteiger partial charge in [0.1, 0.15) is 0 Å². The van der Waals surface area contributed by atoms with Crippen molar-refractivity contribution in [2.75, 3.05) is 5.32 Å². The minimum atomic E-state index is 0.529. The molecule has 3 aromatic rings. The van der Waals surface area contributed by atoms with E-state index in [1.165, 1.54) is 5.56 Å². The van der Waals surface area contributed by atoms with Crippen molar-refractivity contribution < 1.29 is 0 Å². The number of aryl methyl sites for hydroxylation is 5. The number of aromatic nitrogens is 4. The summed E-state index contributed by atoms with van der Waals surface area (Å²) in [4.78, 5) is 17.9. The van der Waals surface area contributed by atoms with E-state index < -0.39 is 0 Å². The first-order valence-corrected chi connectivity index (χ1v) is 7.27. The SMILES string of the molecule is Cc1cc(C)c2nc(Nc3nc(C)cc(C)n3)nc(C)c2c1. The fourth-order valence-electron chi connectivity index (χ4n) is 2.67. The quantitative estimate of drug-likeness (QED) is 0.780. The van der Waals surface area contributed by atoms with E-state index in [4.69, 9.17) is 0 Å². The van der Waals surface area contributed by atoms with E-state index in [2.05, 4.69) is 51.2 Å². The first kappa shape index (κ1) is 14.4. The molecule has 3 rings (SSSR count). The van der Waals surface area contributed by atoms with Gasteiger partial charge in [-0.2, -0.15) is 0 Å². The lowest BCUT2D eigenvalue weighted by molar-refractivity contribution is 1.04. The zero-order chi connectivity index (χ0) is 15.9. The Morgan fingerprint density at radius 2 is 1.36 bits per heavy atom. The second-order valence-electron chi connectivity index (χ2n) is 5.71. The molecule has 0 aliphatic carbocycles. The van der Waals surface area contributed by atoms with Crippen LogP contribution in [0.2, 0.25) is 0 Å². The molecule has 1 N–H and O–H groups in total. The van der Waals surface area contributed by atoms with Crippen molar-refractivity contribution in [3.63, 3.8) is 0 Å². The van der Waals surface area contributed by atoms with Gasteiger partial charge in [-0.1, -0.05) is 11.6 Å². The van der Waals surface area contributed by atoms with Gasteiger partial charge in [-0.15, -0.1) is 0 Å². The van der Waals surface area contributed by atoms with Crippen LogP contribution in [0.25, 0.3) is 10.9 Å². The van der Waals surface area contributed by atoms with E-state index in [0.29, 0.717) is 11.9 Å². The van der Waals surface area contributed by atoms with Crippen LogP contribution in [0.3, 0.4) is 0 Å². The number of fused-ring (bicyclic) bond motifs is 1. The highest BCUT2D eigenvalue weighted by molar-refractivity contribution is 5.85. The van der Waals surface area contributed by atoms with E-state index in [1.807, 2.05) is 26.8 Å². The lowest BCUT2D eigenvalue weighted by Gasteiger charge is -2.10. The van der Waals surface area contributed by atoms with Crippen LogP contribution in [0.4, 0.5) is 11.9 Å². The van der Waals surface area contributed by atoms with Gasteiger partial charge in [0.15, 0.2) is 0 Å². The summed E-state index contributed by atoms with van der Waals surface area (Å²) in [6.45, 7) is 10.0. The summed E-state index contributed by atoms with van der Waals surface area (Å²) in [5.74, 6) is 1.06. The number of hydrogen-bond donors (Lipinski definition) is 1. The van der Waals surface area contributed by atoms with Crippen molar-refractivity contribution in [3.8, 4) is 0 Å². The summed E-state index contributed by atoms with van der Waals surface area (Å²) >= 11 is 0. The predicted molar refractivity (Wildman–Crippen MR) is 88.5 cm³/mol. The smallest absolute Gasteiger partial charge is 0.230 e. The average molecular weight is 293 g/mol. The maximum atomic E-state index is 4.63. The van der Waals surface area contributed by atoms with Crippen molar-refractivity contribution in [3.05, 3.63) is 46.4 Å². The first-order valence-electron chi connectivity index (χ1n) is 7.27. The third kappa shape index (κ3) is 2.74. The lowest BCUT2D eigenvalue weighted by Crippen LogP contribution is -2.05. The molecule has 0 aliphatic rings. The molecular weight excluding hydrogens is 274 g/mol. The molecule has 112 valence electrons. The number of nitrogens with one attached hydrogen (secondary N) is 1. The van der Waals surface area contributed by atoms with Crippen LogP contribution in [0.5, 0.6) is 0 Å². The fraction of sp³-hybridized carbons (Fsp3) is 0.294. The van der Waals surface area contributed by atoms with Crippen LogP contribution in [0, 0.1) is 34.6 Å². The lowest BCUT2D eigenvalue weighted by atomic mass is 10.1. The van der Waals surface area contributed by atoms with Gasteiger partial charge >= 0.3 is 0 Å². The van der Waals surface area contributed by atoms with Gasteiger partial charge in [-0.3, -0.25) is 5.32 Å². The molecule has 0 atom stereocenters. The van der Waals surface area contributed by atoms with Crippen LogP contribution in [0.15, 0.2) is 18.2 Å². The van der Waals surface area contributed by atoms with Crippen LogP contribution in [-0.2, 0) is 0 Å². The Labute approximate surface area is 129 Å². The Balaban J connectivity index is 2.08. The van der Waals surface area contributed by atoms with Crippen molar-refractivity contribution in [2.45, 2.75) is 34.6 Å². The Morgan fingerprint density at radius 1 is 0.727 bits per heavy atom. The van der Waals surface area contributed by atoms with Gasteiger partial charge < -0.3 is 0 Å². The average Bonchev–Trinajstić information content (AvgIpc) is 2.39. The molecule has 5 heteroatoms. The van der Waals surface area contributed by atoms with Gasteiger partial charge in [0.05, 0.1) is 11.2 Å². The number of benzene rings is 1. The summed E-state index contributed by atoms with van der Waals surface area (Å²) in [7, 11) is 0. The van der Waals surface area contributed by atoms with Crippen molar-refractivity contribution in [2.24, 2.45) is 0 Å². The fourth-order valence-corrected chi connectivity index (χ4v) is 2.67. The second-order valence-corrected chi connectivity index (χ2v) is 5.71. The minimum absolute atomic E-state index is 0.529. The number of anilines is 2. The zero-order valence-corrected chi connectivity index (χ0v) is 13.5. The number of rotatable bonds is 2. The Hall–Kier alpha value is -2.56. The normalized spacial score (nSPS) is 11.0. The van der Waals surface area contributed by atoms with Gasteiger partial charge in [0.2, 0.25) is 11.9 Å². The van der Waals surface area contributed by atoms with E-state index in [0.717, 1.165) is 33.5 Å². The molecule has 5 nitrogen and oxygen atoms in total. The van der Waals surface area contributed by atoms with Gasteiger partial charge in [0, 0.05) is 16.8 Å². The van der Waals surface area contributed by atoms with E-state index in [-0.39, 0.29) is 0 Å². The highest BCUT2D eigenvalue weighted by Gasteiger charge is 2.09. The minimum Gasteiger partial charge on any atom is -0.293 e. The zero-order valence-electron chi connectivity index (χ0n) is 13.5. The molecule has 1 aromatic carbocycles. The molecule has 0 amide bonds. The van der Waals surface area contributed by atoms with Gasteiger partial charge in [-0.05, 0) is 52.3 Å². The molecule has 0 spiro atoms. The summed E-state index contributed by atoms with van der Waals surface area (Å²) in [5.41, 5.74) is 6.10. The largest absolute Gasteiger partial charge is 0.293 e. The molecule has 0 saturated carbocycles. The molecule has 2 aromatic heterocycles. The summed E-state index contributed by atoms with van der Waals surface area (Å²) in [6, 6.07) is 6.19. The summed E-state index contributed by atoms with van der Waals surface area (Å²) < 4.78 is 0. The molecule has 2 heterocycles. The first-order chi connectivity index (χ1) is 10.4. The van der Waals surface area contributed by atoms with Gasteiger partial charge in [-0.25, -0.2) is 19.9 Å². The number of hydrogen-bond acceptors (Lipinski definition) is 5. The highest BCUT2D eigenvalue weighted by Crippen LogP contribution is 2.23.